The molecule has 0 saturated carbocycles. The maximum absolute atomic E-state index is 6.12. The third-order valence-corrected chi connectivity index (χ3v) is 5.80. The minimum Gasteiger partial charge on any atom is -0.497 e. The van der Waals surface area contributed by atoms with Gasteiger partial charge in [0.15, 0.2) is 0 Å². The zero-order valence-corrected chi connectivity index (χ0v) is 15.6. The van der Waals surface area contributed by atoms with Gasteiger partial charge in [-0.05, 0) is 50.8 Å². The molecule has 1 aliphatic rings. The fourth-order valence-corrected chi connectivity index (χ4v) is 4.01. The summed E-state index contributed by atoms with van der Waals surface area (Å²) in [5.74, 6) is 1.72. The van der Waals surface area contributed by atoms with Gasteiger partial charge in [-0.2, -0.15) is 5.10 Å². The molecule has 0 radical (unpaired) electrons. The van der Waals surface area contributed by atoms with Gasteiger partial charge in [-0.25, -0.2) is 4.31 Å². The Morgan fingerprint density at radius 3 is 2.50 bits per heavy atom. The molecule has 6 heteroatoms. The fraction of sp³-hybridized carbons (Fsp3) is 0.500. The number of hydrogen-bond acceptors (Lipinski definition) is 5. The van der Waals surface area contributed by atoms with Crippen molar-refractivity contribution in [2.45, 2.75) is 37.7 Å². The Kier molecular flexibility index (Phi) is 5.36. The smallest absolute Gasteiger partial charge is 0.123 e. The molecule has 1 aromatic heterocycles. The summed E-state index contributed by atoms with van der Waals surface area (Å²) in [6.07, 6.45) is 2.33. The lowest BCUT2D eigenvalue weighted by Crippen LogP contribution is -2.34. The van der Waals surface area contributed by atoms with Gasteiger partial charge in [-0.3, -0.25) is 4.68 Å². The lowest BCUT2D eigenvalue weighted by molar-refractivity contribution is 0.138. The maximum atomic E-state index is 6.12. The van der Waals surface area contributed by atoms with Crippen LogP contribution < -0.4 is 9.47 Å². The minimum absolute atomic E-state index is 0.269. The summed E-state index contributed by atoms with van der Waals surface area (Å²) in [6, 6.07) is 7.84. The summed E-state index contributed by atoms with van der Waals surface area (Å²) in [5, 5.41) is 4.50. The average molecular weight is 347 g/mol. The van der Waals surface area contributed by atoms with Gasteiger partial charge >= 0.3 is 0 Å². The SMILES string of the molecule is COc1cccc(OC2CCN(Sc3c(C)nn(C)c3C)CC2)c1. The molecule has 0 aliphatic carbocycles. The van der Waals surface area contributed by atoms with Crippen LogP contribution in [0, 0.1) is 13.8 Å². The van der Waals surface area contributed by atoms with E-state index in [1.54, 1.807) is 7.11 Å². The van der Waals surface area contributed by atoms with Crippen molar-refractivity contribution in [3.8, 4) is 11.5 Å². The molecule has 3 rings (SSSR count). The molecule has 0 N–H and O–H groups in total. The van der Waals surface area contributed by atoms with Crippen LogP contribution in [0.25, 0.3) is 0 Å². The number of rotatable bonds is 5. The monoisotopic (exact) mass is 347 g/mol. The van der Waals surface area contributed by atoms with E-state index in [2.05, 4.69) is 23.3 Å². The van der Waals surface area contributed by atoms with Crippen molar-refractivity contribution < 1.29 is 9.47 Å². The zero-order chi connectivity index (χ0) is 17.1. The van der Waals surface area contributed by atoms with E-state index in [1.165, 1.54) is 10.6 Å². The van der Waals surface area contributed by atoms with Crippen molar-refractivity contribution in [2.24, 2.45) is 7.05 Å². The van der Waals surface area contributed by atoms with Gasteiger partial charge < -0.3 is 9.47 Å². The van der Waals surface area contributed by atoms with Crippen LogP contribution in [-0.2, 0) is 7.05 Å². The first-order valence-corrected chi connectivity index (χ1v) is 9.08. The summed E-state index contributed by atoms with van der Waals surface area (Å²) in [5.41, 5.74) is 2.34. The van der Waals surface area contributed by atoms with Gasteiger partial charge in [0.05, 0.1) is 23.4 Å². The minimum atomic E-state index is 0.269. The van der Waals surface area contributed by atoms with Crippen molar-refractivity contribution in [2.75, 3.05) is 20.2 Å². The summed E-state index contributed by atoms with van der Waals surface area (Å²) in [6.45, 7) is 6.25. The molecule has 0 spiro atoms. The first-order valence-electron chi connectivity index (χ1n) is 8.30. The number of benzene rings is 1. The predicted octanol–water partition coefficient (Wildman–Crippen LogP) is 3.60. The van der Waals surface area contributed by atoms with Crippen molar-refractivity contribution in [3.63, 3.8) is 0 Å². The van der Waals surface area contributed by atoms with E-state index in [9.17, 15) is 0 Å². The molecule has 2 heterocycles. The fourth-order valence-electron chi connectivity index (χ4n) is 2.92. The van der Waals surface area contributed by atoms with E-state index in [0.717, 1.165) is 43.1 Å². The molecular weight excluding hydrogens is 322 g/mol. The van der Waals surface area contributed by atoms with E-state index >= 15 is 0 Å². The molecule has 0 atom stereocenters. The Morgan fingerprint density at radius 1 is 1.17 bits per heavy atom. The summed E-state index contributed by atoms with van der Waals surface area (Å²) >= 11 is 1.83. The molecule has 130 valence electrons. The molecule has 1 fully saturated rings. The number of piperidine rings is 1. The number of nitrogens with zero attached hydrogens (tertiary/aromatic N) is 3. The number of methoxy groups -OCH3 is 1. The quantitative estimate of drug-likeness (QED) is 0.773. The predicted molar refractivity (Wildman–Crippen MR) is 96.8 cm³/mol. The van der Waals surface area contributed by atoms with Gasteiger partial charge in [0, 0.05) is 26.2 Å². The topological polar surface area (TPSA) is 39.5 Å². The molecule has 1 aromatic carbocycles. The average Bonchev–Trinajstić information content (AvgIpc) is 2.83. The summed E-state index contributed by atoms with van der Waals surface area (Å²) in [7, 11) is 3.68. The summed E-state index contributed by atoms with van der Waals surface area (Å²) < 4.78 is 15.7. The molecular formula is C18H25N3O2S. The van der Waals surface area contributed by atoms with Crippen LogP contribution in [0.5, 0.6) is 11.5 Å². The molecule has 2 aromatic rings. The molecule has 1 aliphatic heterocycles. The first kappa shape index (κ1) is 17.2. The highest BCUT2D eigenvalue weighted by Gasteiger charge is 2.23. The van der Waals surface area contributed by atoms with Crippen LogP contribution in [0.3, 0.4) is 0 Å². The second-order valence-electron chi connectivity index (χ2n) is 6.14. The van der Waals surface area contributed by atoms with E-state index in [1.807, 2.05) is 47.9 Å². The van der Waals surface area contributed by atoms with Gasteiger partial charge in [-0.15, -0.1) is 0 Å². The van der Waals surface area contributed by atoms with Crippen LogP contribution in [0.2, 0.25) is 0 Å². The van der Waals surface area contributed by atoms with E-state index in [0.29, 0.717) is 0 Å². The third-order valence-electron chi connectivity index (χ3n) is 4.41. The van der Waals surface area contributed by atoms with Crippen molar-refractivity contribution in [1.82, 2.24) is 14.1 Å². The highest BCUT2D eigenvalue weighted by atomic mass is 32.2. The second kappa shape index (κ2) is 7.49. The third kappa shape index (κ3) is 3.87. The van der Waals surface area contributed by atoms with Crippen LogP contribution in [0.15, 0.2) is 29.2 Å². The van der Waals surface area contributed by atoms with E-state index in [4.69, 9.17) is 9.47 Å². The number of aromatic nitrogens is 2. The second-order valence-corrected chi connectivity index (χ2v) is 7.25. The summed E-state index contributed by atoms with van der Waals surface area (Å²) in [4.78, 5) is 1.28. The highest BCUT2D eigenvalue weighted by molar-refractivity contribution is 7.97. The van der Waals surface area contributed by atoms with Gasteiger partial charge in [-0.1, -0.05) is 6.07 Å². The Balaban J connectivity index is 1.54. The molecule has 24 heavy (non-hydrogen) atoms. The van der Waals surface area contributed by atoms with Crippen LogP contribution >= 0.6 is 11.9 Å². The number of ether oxygens (including phenoxy) is 2. The van der Waals surface area contributed by atoms with E-state index in [-0.39, 0.29) is 6.10 Å². The molecule has 5 nitrogen and oxygen atoms in total. The highest BCUT2D eigenvalue weighted by Crippen LogP contribution is 2.32. The molecule has 0 unspecified atom stereocenters. The molecule has 0 amide bonds. The maximum Gasteiger partial charge on any atom is 0.123 e. The normalized spacial score (nSPS) is 16.3. The largest absolute Gasteiger partial charge is 0.497 e. The molecule has 0 bridgehead atoms. The Labute approximate surface area is 148 Å². The Morgan fingerprint density at radius 2 is 1.88 bits per heavy atom. The lowest BCUT2D eigenvalue weighted by atomic mass is 10.1. The number of aryl methyl sites for hydroxylation is 2. The lowest BCUT2D eigenvalue weighted by Gasteiger charge is -2.31. The number of hydrogen-bond donors (Lipinski definition) is 0. The molecule has 1 saturated heterocycles. The zero-order valence-electron chi connectivity index (χ0n) is 14.8. The Bertz CT molecular complexity index is 694. The van der Waals surface area contributed by atoms with Crippen molar-refractivity contribution >= 4 is 11.9 Å². The van der Waals surface area contributed by atoms with E-state index < -0.39 is 0 Å². The van der Waals surface area contributed by atoms with Gasteiger partial charge in [0.1, 0.15) is 17.6 Å². The van der Waals surface area contributed by atoms with Gasteiger partial charge in [0.25, 0.3) is 0 Å². The van der Waals surface area contributed by atoms with Crippen molar-refractivity contribution in [1.29, 1.82) is 0 Å². The van der Waals surface area contributed by atoms with Crippen LogP contribution in [-0.4, -0.2) is 40.4 Å². The van der Waals surface area contributed by atoms with Crippen molar-refractivity contribution in [3.05, 3.63) is 35.7 Å². The van der Waals surface area contributed by atoms with Crippen LogP contribution in [0.1, 0.15) is 24.2 Å². The Hall–Kier alpha value is -1.66. The standard InChI is InChI=1S/C18H25N3O2S/c1-13-18(14(2)20(3)19-13)24-21-10-8-15(9-11-21)23-17-7-5-6-16(12-17)22-4/h5-7,12,15H,8-11H2,1-4H3. The first-order chi connectivity index (χ1) is 11.6. The van der Waals surface area contributed by atoms with Gasteiger partial charge in [0.2, 0.25) is 0 Å². The van der Waals surface area contributed by atoms with Crippen LogP contribution in [0.4, 0.5) is 0 Å².